The molecule has 0 N–H and O–H groups in total. The molecule has 1 aromatic rings. The third-order valence-corrected chi connectivity index (χ3v) is 2.89. The van der Waals surface area contributed by atoms with Crippen molar-refractivity contribution in [2.75, 3.05) is 18.5 Å². The maximum absolute atomic E-state index is 9.14. The van der Waals surface area contributed by atoms with Crippen molar-refractivity contribution in [1.29, 1.82) is 5.26 Å². The Labute approximate surface area is 106 Å². The molecule has 0 heterocycles. The van der Waals surface area contributed by atoms with E-state index >= 15 is 0 Å². The largest absolute Gasteiger partial charge is 0.373 e. The van der Waals surface area contributed by atoms with E-state index < -0.39 is 0 Å². The SMILES string of the molecule is CN(CC(C)(C)C)c1cccc(Br)c1C#N. The monoisotopic (exact) mass is 280 g/mol. The van der Waals surface area contributed by atoms with Gasteiger partial charge in [-0.25, -0.2) is 0 Å². The van der Waals surface area contributed by atoms with Crippen LogP contribution < -0.4 is 4.90 Å². The summed E-state index contributed by atoms with van der Waals surface area (Å²) < 4.78 is 0.855. The van der Waals surface area contributed by atoms with E-state index in [2.05, 4.69) is 47.7 Å². The molecule has 0 saturated carbocycles. The molecule has 1 rings (SSSR count). The molecular formula is C13H17BrN2. The molecule has 0 aliphatic carbocycles. The molecule has 3 heteroatoms. The van der Waals surface area contributed by atoms with Crippen LogP contribution in [-0.4, -0.2) is 13.6 Å². The van der Waals surface area contributed by atoms with Crippen LogP contribution in [0.1, 0.15) is 26.3 Å². The average Bonchev–Trinajstić information content (AvgIpc) is 2.14. The Bertz CT molecular complexity index is 413. The summed E-state index contributed by atoms with van der Waals surface area (Å²) >= 11 is 3.41. The number of hydrogen-bond donors (Lipinski definition) is 0. The van der Waals surface area contributed by atoms with Crippen LogP contribution in [0, 0.1) is 16.7 Å². The van der Waals surface area contributed by atoms with E-state index in [9.17, 15) is 0 Å². The van der Waals surface area contributed by atoms with Crippen molar-refractivity contribution in [2.24, 2.45) is 5.41 Å². The molecule has 16 heavy (non-hydrogen) atoms. The second kappa shape index (κ2) is 4.88. The maximum Gasteiger partial charge on any atom is 0.103 e. The van der Waals surface area contributed by atoms with Gasteiger partial charge in [-0.2, -0.15) is 5.26 Å². The summed E-state index contributed by atoms with van der Waals surface area (Å²) in [7, 11) is 2.02. The smallest absolute Gasteiger partial charge is 0.103 e. The van der Waals surface area contributed by atoms with Gasteiger partial charge in [-0.3, -0.25) is 0 Å². The Morgan fingerprint density at radius 2 is 2.00 bits per heavy atom. The quantitative estimate of drug-likeness (QED) is 0.824. The molecule has 0 aliphatic heterocycles. The summed E-state index contributed by atoms with van der Waals surface area (Å²) in [5.41, 5.74) is 1.89. The molecule has 1 aromatic carbocycles. The zero-order valence-electron chi connectivity index (χ0n) is 10.2. The average molecular weight is 281 g/mol. The van der Waals surface area contributed by atoms with E-state index in [4.69, 9.17) is 5.26 Å². The summed E-state index contributed by atoms with van der Waals surface area (Å²) in [6, 6.07) is 8.08. The summed E-state index contributed by atoms with van der Waals surface area (Å²) in [5.74, 6) is 0. The van der Waals surface area contributed by atoms with Gasteiger partial charge in [0, 0.05) is 18.1 Å². The number of nitriles is 1. The molecule has 2 nitrogen and oxygen atoms in total. The first-order valence-corrected chi connectivity index (χ1v) is 6.04. The molecule has 0 aromatic heterocycles. The minimum Gasteiger partial charge on any atom is -0.373 e. The van der Waals surface area contributed by atoms with Crippen LogP contribution in [0.4, 0.5) is 5.69 Å². The molecule has 0 saturated heterocycles. The predicted molar refractivity (Wildman–Crippen MR) is 71.6 cm³/mol. The Hall–Kier alpha value is -1.01. The third-order valence-electron chi connectivity index (χ3n) is 2.23. The highest BCUT2D eigenvalue weighted by Gasteiger charge is 2.16. The number of hydrogen-bond acceptors (Lipinski definition) is 2. The highest BCUT2D eigenvalue weighted by atomic mass is 79.9. The normalized spacial score (nSPS) is 11.0. The van der Waals surface area contributed by atoms with E-state index in [-0.39, 0.29) is 5.41 Å². The Morgan fingerprint density at radius 1 is 1.38 bits per heavy atom. The lowest BCUT2D eigenvalue weighted by Gasteiger charge is -2.29. The van der Waals surface area contributed by atoms with E-state index in [0.29, 0.717) is 5.56 Å². The Morgan fingerprint density at radius 3 is 2.50 bits per heavy atom. The summed E-state index contributed by atoms with van der Waals surface area (Å²) in [4.78, 5) is 2.13. The predicted octanol–water partition coefficient (Wildman–Crippen LogP) is 3.80. The Kier molecular flexibility index (Phi) is 3.98. The van der Waals surface area contributed by atoms with Crippen LogP contribution in [0.3, 0.4) is 0 Å². The fourth-order valence-corrected chi connectivity index (χ4v) is 2.18. The molecule has 0 atom stereocenters. The molecule has 86 valence electrons. The van der Waals surface area contributed by atoms with Crippen molar-refractivity contribution in [2.45, 2.75) is 20.8 Å². The van der Waals surface area contributed by atoms with Crippen molar-refractivity contribution in [3.8, 4) is 6.07 Å². The van der Waals surface area contributed by atoms with Crippen molar-refractivity contribution >= 4 is 21.6 Å². The number of nitrogens with zero attached hydrogens (tertiary/aromatic N) is 2. The summed E-state index contributed by atoms with van der Waals surface area (Å²) in [5, 5.41) is 9.14. The minimum atomic E-state index is 0.212. The zero-order chi connectivity index (χ0) is 12.3. The first-order chi connectivity index (χ1) is 7.35. The first-order valence-electron chi connectivity index (χ1n) is 5.25. The molecule has 0 amide bonds. The minimum absolute atomic E-state index is 0.212. The van der Waals surface area contributed by atoms with Gasteiger partial charge in [0.1, 0.15) is 6.07 Å². The first kappa shape index (κ1) is 13.1. The number of rotatable bonds is 2. The Balaban J connectivity index is 3.05. The molecule has 0 aliphatic rings. The molecular weight excluding hydrogens is 264 g/mol. The summed E-state index contributed by atoms with van der Waals surface area (Å²) in [6.45, 7) is 7.48. The van der Waals surface area contributed by atoms with Gasteiger partial charge in [-0.15, -0.1) is 0 Å². The van der Waals surface area contributed by atoms with Crippen molar-refractivity contribution in [3.63, 3.8) is 0 Å². The van der Waals surface area contributed by atoms with Gasteiger partial charge in [0.2, 0.25) is 0 Å². The standard InChI is InChI=1S/C13H17BrN2/c1-13(2,3)9-16(4)12-7-5-6-11(14)10(12)8-15/h5-7H,9H2,1-4H3. The van der Waals surface area contributed by atoms with E-state index in [1.54, 1.807) is 0 Å². The van der Waals surface area contributed by atoms with Gasteiger partial charge in [0.05, 0.1) is 11.3 Å². The van der Waals surface area contributed by atoms with Gasteiger partial charge in [0.15, 0.2) is 0 Å². The molecule has 0 radical (unpaired) electrons. The van der Waals surface area contributed by atoms with Crippen molar-refractivity contribution < 1.29 is 0 Å². The highest BCUT2D eigenvalue weighted by Crippen LogP contribution is 2.28. The lowest BCUT2D eigenvalue weighted by Crippen LogP contribution is -2.29. The molecule has 0 unspecified atom stereocenters. The van der Waals surface area contributed by atoms with Crippen molar-refractivity contribution in [3.05, 3.63) is 28.2 Å². The number of anilines is 1. The van der Waals surface area contributed by atoms with Gasteiger partial charge in [-0.05, 0) is 33.5 Å². The van der Waals surface area contributed by atoms with E-state index in [1.165, 1.54) is 0 Å². The maximum atomic E-state index is 9.14. The van der Waals surface area contributed by atoms with Gasteiger partial charge >= 0.3 is 0 Å². The van der Waals surface area contributed by atoms with Gasteiger partial charge in [0.25, 0.3) is 0 Å². The van der Waals surface area contributed by atoms with Crippen LogP contribution in [0.25, 0.3) is 0 Å². The van der Waals surface area contributed by atoms with Gasteiger partial charge in [-0.1, -0.05) is 26.8 Å². The van der Waals surface area contributed by atoms with E-state index in [0.717, 1.165) is 16.7 Å². The van der Waals surface area contributed by atoms with Crippen LogP contribution in [0.5, 0.6) is 0 Å². The topological polar surface area (TPSA) is 27.0 Å². The second-order valence-corrected chi connectivity index (χ2v) is 6.02. The zero-order valence-corrected chi connectivity index (χ0v) is 11.8. The van der Waals surface area contributed by atoms with Crippen LogP contribution in [0.2, 0.25) is 0 Å². The number of benzene rings is 1. The van der Waals surface area contributed by atoms with Crippen LogP contribution >= 0.6 is 15.9 Å². The highest BCUT2D eigenvalue weighted by molar-refractivity contribution is 9.10. The van der Waals surface area contributed by atoms with E-state index in [1.807, 2.05) is 25.2 Å². The van der Waals surface area contributed by atoms with Gasteiger partial charge < -0.3 is 4.90 Å². The third kappa shape index (κ3) is 3.24. The lowest BCUT2D eigenvalue weighted by atomic mass is 9.96. The van der Waals surface area contributed by atoms with Crippen LogP contribution in [-0.2, 0) is 0 Å². The number of halogens is 1. The summed E-state index contributed by atoms with van der Waals surface area (Å²) in [6.07, 6.45) is 0. The second-order valence-electron chi connectivity index (χ2n) is 5.16. The molecule has 0 spiro atoms. The fourth-order valence-electron chi connectivity index (χ4n) is 1.74. The van der Waals surface area contributed by atoms with Crippen molar-refractivity contribution in [1.82, 2.24) is 0 Å². The lowest BCUT2D eigenvalue weighted by molar-refractivity contribution is 0.419. The molecule has 0 fully saturated rings. The fraction of sp³-hybridized carbons (Fsp3) is 0.462. The van der Waals surface area contributed by atoms with Crippen LogP contribution in [0.15, 0.2) is 22.7 Å². The molecule has 0 bridgehead atoms.